The molecule has 0 amide bonds. The van der Waals surface area contributed by atoms with Crippen LogP contribution in [0.25, 0.3) is 0 Å². The molecule has 0 aliphatic heterocycles. The average Bonchev–Trinajstić information content (AvgIpc) is 2.42. The molecule has 0 saturated carbocycles. The Labute approximate surface area is 118 Å². The Morgan fingerprint density at radius 3 is 2.21 bits per heavy atom. The van der Waals surface area contributed by atoms with Crippen LogP contribution in [0.15, 0.2) is 0 Å². The Kier molecular flexibility index (Phi) is 14.0. The van der Waals surface area contributed by atoms with E-state index in [1.54, 1.807) is 0 Å². The highest BCUT2D eigenvalue weighted by atomic mass is 15.0. The van der Waals surface area contributed by atoms with E-state index in [2.05, 4.69) is 10.6 Å². The zero-order valence-electron chi connectivity index (χ0n) is 12.2. The van der Waals surface area contributed by atoms with Crippen molar-refractivity contribution >= 4 is 0 Å². The van der Waals surface area contributed by atoms with Gasteiger partial charge in [-0.15, -0.1) is 0 Å². The van der Waals surface area contributed by atoms with Gasteiger partial charge in [0.2, 0.25) is 0 Å². The molecule has 6 heteroatoms. The maximum Gasteiger partial charge on any atom is 0.0546 e. The molecule has 0 aliphatic rings. The van der Waals surface area contributed by atoms with Crippen molar-refractivity contribution < 1.29 is 0 Å². The van der Waals surface area contributed by atoms with Crippen molar-refractivity contribution in [2.75, 3.05) is 39.3 Å². The van der Waals surface area contributed by atoms with Crippen LogP contribution in [0.3, 0.4) is 0 Å². The van der Waals surface area contributed by atoms with Crippen molar-refractivity contribution in [3.63, 3.8) is 0 Å². The van der Waals surface area contributed by atoms with Gasteiger partial charge in [0.25, 0.3) is 0 Å². The lowest BCUT2D eigenvalue weighted by atomic mass is 9.96. The van der Waals surface area contributed by atoms with Gasteiger partial charge in [0.1, 0.15) is 0 Å². The van der Waals surface area contributed by atoms with Crippen molar-refractivity contribution in [3.8, 4) is 0 Å². The summed E-state index contributed by atoms with van der Waals surface area (Å²) in [7, 11) is 0. The number of nitrogens with two attached hydrogens (primary N) is 4. The van der Waals surface area contributed by atoms with E-state index < -0.39 is 0 Å². The predicted octanol–water partition coefficient (Wildman–Crippen LogP) is -1.11. The first-order chi connectivity index (χ1) is 9.24. The zero-order chi connectivity index (χ0) is 14.3. The fourth-order valence-electron chi connectivity index (χ4n) is 2.05. The van der Waals surface area contributed by atoms with Gasteiger partial charge in [0, 0.05) is 26.2 Å². The molecule has 2 unspecified atom stereocenters. The second kappa shape index (κ2) is 14.2. The maximum absolute atomic E-state index is 6.02. The molecular weight excluding hydrogens is 240 g/mol. The number of hydrogen-bond donors (Lipinski definition) is 6. The molecule has 0 bridgehead atoms. The summed E-state index contributed by atoms with van der Waals surface area (Å²) in [6.07, 6.45) is 5.55. The minimum absolute atomic E-state index is 0.0586. The summed E-state index contributed by atoms with van der Waals surface area (Å²) in [6.45, 7) is 4.83. The molecule has 0 aromatic heterocycles. The smallest absolute Gasteiger partial charge is 0.0546 e. The van der Waals surface area contributed by atoms with Gasteiger partial charge >= 0.3 is 0 Å². The number of unbranched alkanes of at least 4 members (excludes halogenated alkanes) is 1. The summed E-state index contributed by atoms with van der Waals surface area (Å²) in [5.74, 6) is 0.578. The summed E-state index contributed by atoms with van der Waals surface area (Å²) < 4.78 is 0. The highest BCUT2D eigenvalue weighted by molar-refractivity contribution is 4.66. The van der Waals surface area contributed by atoms with E-state index in [9.17, 15) is 0 Å². The third-order valence-corrected chi connectivity index (χ3v) is 3.32. The molecule has 2 atom stereocenters. The van der Waals surface area contributed by atoms with Crippen molar-refractivity contribution in [2.24, 2.45) is 28.9 Å². The van der Waals surface area contributed by atoms with Crippen LogP contribution in [-0.4, -0.2) is 45.4 Å². The Morgan fingerprint density at radius 1 is 0.789 bits per heavy atom. The minimum Gasteiger partial charge on any atom is -0.330 e. The SMILES string of the molecule is NCCCCC(CN)CCC(N)NCCNCCN. The highest BCUT2D eigenvalue weighted by Gasteiger charge is 2.09. The van der Waals surface area contributed by atoms with E-state index in [0.29, 0.717) is 12.5 Å². The Bertz CT molecular complexity index is 179. The zero-order valence-corrected chi connectivity index (χ0v) is 12.2. The van der Waals surface area contributed by atoms with Crippen LogP contribution in [0.4, 0.5) is 0 Å². The topological polar surface area (TPSA) is 128 Å². The van der Waals surface area contributed by atoms with E-state index in [4.69, 9.17) is 22.9 Å². The Morgan fingerprint density at radius 2 is 1.58 bits per heavy atom. The molecule has 6 nitrogen and oxygen atoms in total. The van der Waals surface area contributed by atoms with Gasteiger partial charge in [0.15, 0.2) is 0 Å². The van der Waals surface area contributed by atoms with Crippen molar-refractivity contribution in [3.05, 3.63) is 0 Å². The normalized spacial score (nSPS) is 14.5. The van der Waals surface area contributed by atoms with E-state index in [-0.39, 0.29) is 6.17 Å². The largest absolute Gasteiger partial charge is 0.330 e. The summed E-state index contributed by atoms with van der Waals surface area (Å²) in [6, 6.07) is 0. The van der Waals surface area contributed by atoms with E-state index in [0.717, 1.165) is 52.0 Å². The van der Waals surface area contributed by atoms with Crippen LogP contribution in [0, 0.1) is 5.92 Å². The van der Waals surface area contributed by atoms with Crippen LogP contribution < -0.4 is 33.6 Å². The van der Waals surface area contributed by atoms with E-state index in [1.165, 1.54) is 12.8 Å². The molecule has 0 aromatic carbocycles. The van der Waals surface area contributed by atoms with E-state index in [1.807, 2.05) is 0 Å². The Balaban J connectivity index is 3.48. The van der Waals surface area contributed by atoms with E-state index >= 15 is 0 Å². The average molecular weight is 274 g/mol. The van der Waals surface area contributed by atoms with Crippen LogP contribution in [0.2, 0.25) is 0 Å². The molecule has 0 aromatic rings. The third kappa shape index (κ3) is 12.5. The molecule has 0 rings (SSSR count). The summed E-state index contributed by atoms with van der Waals surface area (Å²) >= 11 is 0. The summed E-state index contributed by atoms with van der Waals surface area (Å²) in [5.41, 5.74) is 22.7. The first-order valence-corrected chi connectivity index (χ1v) is 7.54. The standard InChI is InChI=1S/C13H34N6/c14-6-2-1-3-12(11-16)4-5-13(17)19-10-9-18-8-7-15/h12-13,18-19H,1-11,14-17H2. The fourth-order valence-corrected chi connectivity index (χ4v) is 2.05. The minimum atomic E-state index is 0.0586. The van der Waals surface area contributed by atoms with Gasteiger partial charge in [-0.2, -0.15) is 0 Å². The molecule has 10 N–H and O–H groups in total. The third-order valence-electron chi connectivity index (χ3n) is 3.32. The second-order valence-corrected chi connectivity index (χ2v) is 5.06. The van der Waals surface area contributed by atoms with Gasteiger partial charge in [-0.1, -0.05) is 6.42 Å². The lowest BCUT2D eigenvalue weighted by Crippen LogP contribution is -2.42. The molecule has 0 fully saturated rings. The molecule has 0 saturated heterocycles. The molecular formula is C13H34N6. The predicted molar refractivity (Wildman–Crippen MR) is 82.6 cm³/mol. The summed E-state index contributed by atoms with van der Waals surface area (Å²) in [4.78, 5) is 0. The lowest BCUT2D eigenvalue weighted by molar-refractivity contribution is 0.383. The van der Waals surface area contributed by atoms with Crippen LogP contribution in [0.1, 0.15) is 32.1 Å². The van der Waals surface area contributed by atoms with Crippen molar-refractivity contribution in [1.29, 1.82) is 0 Å². The lowest BCUT2D eigenvalue weighted by Gasteiger charge is -2.18. The molecule has 0 aliphatic carbocycles. The van der Waals surface area contributed by atoms with Crippen molar-refractivity contribution in [2.45, 2.75) is 38.3 Å². The van der Waals surface area contributed by atoms with Gasteiger partial charge in [-0.05, 0) is 44.7 Å². The van der Waals surface area contributed by atoms with Gasteiger partial charge < -0.3 is 33.6 Å². The monoisotopic (exact) mass is 274 g/mol. The first kappa shape index (κ1) is 18.8. The van der Waals surface area contributed by atoms with Crippen LogP contribution in [0.5, 0.6) is 0 Å². The van der Waals surface area contributed by atoms with Gasteiger partial charge in [-0.3, -0.25) is 0 Å². The van der Waals surface area contributed by atoms with Crippen LogP contribution in [-0.2, 0) is 0 Å². The molecule has 0 radical (unpaired) electrons. The Hall–Kier alpha value is -0.240. The number of nitrogens with one attached hydrogen (secondary N) is 2. The first-order valence-electron chi connectivity index (χ1n) is 7.54. The van der Waals surface area contributed by atoms with Crippen LogP contribution >= 0.6 is 0 Å². The highest BCUT2D eigenvalue weighted by Crippen LogP contribution is 2.13. The second-order valence-electron chi connectivity index (χ2n) is 5.06. The fraction of sp³-hybridized carbons (Fsp3) is 1.00. The number of rotatable bonds is 14. The summed E-state index contributed by atoms with van der Waals surface area (Å²) in [5, 5.41) is 6.53. The molecule has 0 spiro atoms. The quantitative estimate of drug-likeness (QED) is 0.176. The number of hydrogen-bond acceptors (Lipinski definition) is 6. The maximum atomic E-state index is 6.02. The van der Waals surface area contributed by atoms with Crippen molar-refractivity contribution in [1.82, 2.24) is 10.6 Å². The van der Waals surface area contributed by atoms with Gasteiger partial charge in [0.05, 0.1) is 6.17 Å². The van der Waals surface area contributed by atoms with Gasteiger partial charge in [-0.25, -0.2) is 0 Å². The molecule has 0 heterocycles. The molecule has 19 heavy (non-hydrogen) atoms. The molecule has 116 valence electrons.